The lowest BCUT2D eigenvalue weighted by molar-refractivity contribution is 0.0744. The minimum atomic E-state index is -0.303. The number of aromatic nitrogens is 2. The standard InChI is InChI=1S/C19H19ClN4O2S/c1-12-3-4-14(20)9-16(12)22-5-7-23(8-6-22)17(25)15-10-21-19-24(18(15)26)11-13(2)27-19/h3-4,9-11H,5-8H2,1-2H3. The van der Waals surface area contributed by atoms with Crippen molar-refractivity contribution in [3.8, 4) is 0 Å². The molecule has 8 heteroatoms. The van der Waals surface area contributed by atoms with Gasteiger partial charge in [0.15, 0.2) is 4.96 Å². The second-order valence-corrected chi connectivity index (χ2v) is 8.33. The summed E-state index contributed by atoms with van der Waals surface area (Å²) in [4.78, 5) is 35.3. The molecule has 2 aromatic heterocycles. The molecule has 1 amide bonds. The highest BCUT2D eigenvalue weighted by Gasteiger charge is 2.25. The Bertz CT molecular complexity index is 1080. The van der Waals surface area contributed by atoms with Gasteiger partial charge in [-0.15, -0.1) is 11.3 Å². The van der Waals surface area contributed by atoms with Gasteiger partial charge in [-0.05, 0) is 31.5 Å². The summed E-state index contributed by atoms with van der Waals surface area (Å²) in [6.07, 6.45) is 3.13. The number of piperazine rings is 1. The fourth-order valence-electron chi connectivity index (χ4n) is 3.39. The lowest BCUT2D eigenvalue weighted by atomic mass is 10.1. The highest BCUT2D eigenvalue weighted by molar-refractivity contribution is 7.16. The number of fused-ring (bicyclic) bond motifs is 1. The first kappa shape index (κ1) is 18.0. The van der Waals surface area contributed by atoms with E-state index in [9.17, 15) is 9.59 Å². The van der Waals surface area contributed by atoms with Crippen LogP contribution in [-0.4, -0.2) is 46.4 Å². The maximum Gasteiger partial charge on any atom is 0.271 e. The van der Waals surface area contributed by atoms with Crippen molar-refractivity contribution in [3.05, 3.63) is 62.0 Å². The van der Waals surface area contributed by atoms with Crippen molar-refractivity contribution < 1.29 is 4.79 Å². The molecule has 0 spiro atoms. The highest BCUT2D eigenvalue weighted by atomic mass is 35.5. The van der Waals surface area contributed by atoms with Crippen molar-refractivity contribution in [2.24, 2.45) is 0 Å². The number of carbonyl (C=O) groups excluding carboxylic acids is 1. The third-order valence-electron chi connectivity index (χ3n) is 4.83. The van der Waals surface area contributed by atoms with E-state index in [2.05, 4.69) is 9.88 Å². The van der Waals surface area contributed by atoms with Crippen molar-refractivity contribution in [2.75, 3.05) is 31.1 Å². The Balaban J connectivity index is 1.53. The molecule has 3 heterocycles. The maximum atomic E-state index is 12.9. The molecule has 140 valence electrons. The molecule has 6 nitrogen and oxygen atoms in total. The van der Waals surface area contributed by atoms with E-state index in [1.165, 1.54) is 21.9 Å². The number of aryl methyl sites for hydroxylation is 2. The fraction of sp³-hybridized carbons (Fsp3) is 0.316. The Kier molecular flexibility index (Phi) is 4.65. The van der Waals surface area contributed by atoms with Gasteiger partial charge >= 0.3 is 0 Å². The topological polar surface area (TPSA) is 57.9 Å². The van der Waals surface area contributed by atoms with Crippen LogP contribution in [0.2, 0.25) is 5.02 Å². The van der Waals surface area contributed by atoms with Crippen molar-refractivity contribution in [1.82, 2.24) is 14.3 Å². The smallest absolute Gasteiger partial charge is 0.271 e. The predicted octanol–water partition coefficient (Wildman–Crippen LogP) is 2.99. The van der Waals surface area contributed by atoms with Crippen LogP contribution in [0.4, 0.5) is 5.69 Å². The van der Waals surface area contributed by atoms with E-state index >= 15 is 0 Å². The molecule has 1 aromatic carbocycles. The van der Waals surface area contributed by atoms with Gasteiger partial charge in [-0.25, -0.2) is 4.98 Å². The van der Waals surface area contributed by atoms with E-state index in [0.717, 1.165) is 16.1 Å². The number of anilines is 1. The van der Waals surface area contributed by atoms with E-state index in [4.69, 9.17) is 11.6 Å². The summed E-state index contributed by atoms with van der Waals surface area (Å²) >= 11 is 7.56. The molecule has 0 aliphatic carbocycles. The van der Waals surface area contributed by atoms with Gasteiger partial charge in [-0.2, -0.15) is 0 Å². The average Bonchev–Trinajstić information content (AvgIpc) is 3.05. The van der Waals surface area contributed by atoms with E-state index in [1.54, 1.807) is 11.1 Å². The van der Waals surface area contributed by atoms with E-state index < -0.39 is 0 Å². The van der Waals surface area contributed by atoms with Gasteiger partial charge in [-0.3, -0.25) is 14.0 Å². The Labute approximate surface area is 165 Å². The molecule has 0 saturated carbocycles. The number of nitrogens with zero attached hydrogens (tertiary/aromatic N) is 4. The summed E-state index contributed by atoms with van der Waals surface area (Å²) in [7, 11) is 0. The zero-order chi connectivity index (χ0) is 19.1. The largest absolute Gasteiger partial charge is 0.368 e. The fourth-order valence-corrected chi connectivity index (χ4v) is 4.34. The van der Waals surface area contributed by atoms with Crippen LogP contribution in [0.3, 0.4) is 0 Å². The minimum Gasteiger partial charge on any atom is -0.368 e. The van der Waals surface area contributed by atoms with Crippen LogP contribution in [0.1, 0.15) is 20.8 Å². The molecule has 1 saturated heterocycles. The lowest BCUT2D eigenvalue weighted by Gasteiger charge is -2.36. The molecule has 1 aliphatic rings. The van der Waals surface area contributed by atoms with Gasteiger partial charge in [0, 0.05) is 54.2 Å². The molecular weight excluding hydrogens is 384 g/mol. The van der Waals surface area contributed by atoms with Gasteiger partial charge in [0.05, 0.1) is 0 Å². The van der Waals surface area contributed by atoms with Crippen molar-refractivity contribution in [3.63, 3.8) is 0 Å². The molecule has 0 bridgehead atoms. The molecule has 1 aliphatic heterocycles. The van der Waals surface area contributed by atoms with Crippen LogP contribution in [0.15, 0.2) is 35.4 Å². The third kappa shape index (κ3) is 3.33. The zero-order valence-electron chi connectivity index (χ0n) is 15.1. The Morgan fingerprint density at radius 2 is 1.93 bits per heavy atom. The van der Waals surface area contributed by atoms with Crippen LogP contribution < -0.4 is 10.5 Å². The van der Waals surface area contributed by atoms with Crippen LogP contribution in [0.25, 0.3) is 4.96 Å². The zero-order valence-corrected chi connectivity index (χ0v) is 16.7. The number of carbonyl (C=O) groups is 1. The number of hydrogen-bond acceptors (Lipinski definition) is 5. The average molecular weight is 403 g/mol. The normalized spacial score (nSPS) is 14.8. The second-order valence-electron chi connectivity index (χ2n) is 6.68. The highest BCUT2D eigenvalue weighted by Crippen LogP contribution is 2.25. The Morgan fingerprint density at radius 3 is 2.67 bits per heavy atom. The molecule has 4 rings (SSSR count). The van der Waals surface area contributed by atoms with E-state index in [1.807, 2.05) is 32.0 Å². The first-order valence-electron chi connectivity index (χ1n) is 8.72. The summed E-state index contributed by atoms with van der Waals surface area (Å²) in [6, 6.07) is 5.83. The first-order valence-corrected chi connectivity index (χ1v) is 9.91. The first-order chi connectivity index (χ1) is 12.9. The number of benzene rings is 1. The SMILES string of the molecule is Cc1cn2c(=O)c(C(=O)N3CCN(c4cc(Cl)ccc4C)CC3)cnc2s1. The molecule has 0 atom stereocenters. The number of rotatable bonds is 2. The van der Waals surface area contributed by atoms with E-state index in [0.29, 0.717) is 36.2 Å². The molecule has 27 heavy (non-hydrogen) atoms. The molecule has 3 aromatic rings. The monoisotopic (exact) mass is 402 g/mol. The summed E-state index contributed by atoms with van der Waals surface area (Å²) in [5.74, 6) is -0.256. The third-order valence-corrected chi connectivity index (χ3v) is 5.98. The molecule has 1 fully saturated rings. The van der Waals surface area contributed by atoms with Crippen LogP contribution >= 0.6 is 22.9 Å². The van der Waals surface area contributed by atoms with Crippen molar-refractivity contribution in [2.45, 2.75) is 13.8 Å². The van der Waals surface area contributed by atoms with Crippen LogP contribution in [-0.2, 0) is 0 Å². The molecule has 0 N–H and O–H groups in total. The summed E-state index contributed by atoms with van der Waals surface area (Å²) in [5, 5.41) is 0.701. The summed E-state index contributed by atoms with van der Waals surface area (Å²) in [6.45, 7) is 6.46. The number of amides is 1. The van der Waals surface area contributed by atoms with Crippen molar-refractivity contribution in [1.29, 1.82) is 0 Å². The molecule has 0 radical (unpaired) electrons. The van der Waals surface area contributed by atoms with Gasteiger partial charge < -0.3 is 9.80 Å². The van der Waals surface area contributed by atoms with Crippen molar-refractivity contribution >= 4 is 39.5 Å². The predicted molar refractivity (Wildman–Crippen MR) is 108 cm³/mol. The van der Waals surface area contributed by atoms with E-state index in [-0.39, 0.29) is 17.0 Å². The summed E-state index contributed by atoms with van der Waals surface area (Å²) < 4.78 is 1.46. The number of hydrogen-bond donors (Lipinski definition) is 0. The quantitative estimate of drug-likeness (QED) is 0.661. The number of thiazole rings is 1. The van der Waals surface area contributed by atoms with Crippen LogP contribution in [0.5, 0.6) is 0 Å². The Morgan fingerprint density at radius 1 is 1.19 bits per heavy atom. The second kappa shape index (κ2) is 6.98. The lowest BCUT2D eigenvalue weighted by Crippen LogP contribution is -2.50. The van der Waals surface area contributed by atoms with Gasteiger partial charge in [0.25, 0.3) is 11.5 Å². The van der Waals surface area contributed by atoms with Gasteiger partial charge in [0.1, 0.15) is 5.56 Å². The summed E-state index contributed by atoms with van der Waals surface area (Å²) in [5.41, 5.74) is 2.06. The van der Waals surface area contributed by atoms with Crippen LogP contribution in [0, 0.1) is 13.8 Å². The maximum absolute atomic E-state index is 12.9. The number of halogens is 1. The Hall–Kier alpha value is -2.38. The molecular formula is C19H19ClN4O2S. The minimum absolute atomic E-state index is 0.123. The van der Waals surface area contributed by atoms with Gasteiger partial charge in [-0.1, -0.05) is 17.7 Å². The van der Waals surface area contributed by atoms with Gasteiger partial charge in [0.2, 0.25) is 0 Å². The molecule has 0 unspecified atom stereocenters.